The highest BCUT2D eigenvalue weighted by molar-refractivity contribution is 6.31. The van der Waals surface area contributed by atoms with Gasteiger partial charge in [0.25, 0.3) is 11.6 Å². The van der Waals surface area contributed by atoms with Crippen LogP contribution in [0.1, 0.15) is 22.8 Å². The Bertz CT molecular complexity index is 805. The molecule has 1 N–H and O–H groups in total. The first kappa shape index (κ1) is 18.4. The molecule has 25 heavy (non-hydrogen) atoms. The Morgan fingerprint density at radius 3 is 2.48 bits per heavy atom. The predicted molar refractivity (Wildman–Crippen MR) is 92.8 cm³/mol. The van der Waals surface area contributed by atoms with E-state index in [0.717, 1.165) is 24.1 Å². The average molecular weight is 363 g/mol. The second kappa shape index (κ2) is 8.25. The van der Waals surface area contributed by atoms with Crippen LogP contribution in [0.5, 0.6) is 0 Å². The number of nitro groups is 1. The topological polar surface area (TPSA) is 98.5 Å². The van der Waals surface area contributed by atoms with Gasteiger partial charge in [0, 0.05) is 16.8 Å². The van der Waals surface area contributed by atoms with Crippen LogP contribution in [0, 0.1) is 10.1 Å². The second-order valence-corrected chi connectivity index (χ2v) is 5.53. The first-order valence-corrected chi connectivity index (χ1v) is 7.78. The van der Waals surface area contributed by atoms with Crippen LogP contribution in [-0.4, -0.2) is 23.4 Å². The van der Waals surface area contributed by atoms with E-state index in [0.29, 0.717) is 5.69 Å². The molecule has 0 aliphatic rings. The van der Waals surface area contributed by atoms with E-state index in [1.807, 2.05) is 19.1 Å². The van der Waals surface area contributed by atoms with Crippen molar-refractivity contribution < 1.29 is 19.2 Å². The molecule has 0 atom stereocenters. The van der Waals surface area contributed by atoms with Crippen LogP contribution < -0.4 is 5.32 Å². The lowest BCUT2D eigenvalue weighted by atomic mass is 10.1. The van der Waals surface area contributed by atoms with Crippen LogP contribution in [0.3, 0.4) is 0 Å². The van der Waals surface area contributed by atoms with Gasteiger partial charge in [0.2, 0.25) is 0 Å². The highest BCUT2D eigenvalue weighted by Crippen LogP contribution is 2.23. The third-order valence-corrected chi connectivity index (χ3v) is 3.59. The zero-order valence-electron chi connectivity index (χ0n) is 13.3. The van der Waals surface area contributed by atoms with E-state index in [2.05, 4.69) is 5.32 Å². The van der Waals surface area contributed by atoms with E-state index < -0.39 is 29.1 Å². The highest BCUT2D eigenvalue weighted by atomic mass is 35.5. The summed E-state index contributed by atoms with van der Waals surface area (Å²) in [5.41, 5.74) is 0.937. The van der Waals surface area contributed by atoms with Gasteiger partial charge < -0.3 is 10.1 Å². The van der Waals surface area contributed by atoms with Gasteiger partial charge in [-0.3, -0.25) is 14.9 Å². The molecule has 0 heterocycles. The Hall–Kier alpha value is -2.93. The minimum atomic E-state index is -0.995. The summed E-state index contributed by atoms with van der Waals surface area (Å²) in [4.78, 5) is 34.1. The fourth-order valence-electron chi connectivity index (χ4n) is 2.06. The monoisotopic (exact) mass is 362 g/mol. The van der Waals surface area contributed by atoms with Crippen LogP contribution in [0.4, 0.5) is 11.4 Å². The molecule has 130 valence electrons. The van der Waals surface area contributed by atoms with Gasteiger partial charge in [-0.25, -0.2) is 4.79 Å². The molecule has 0 spiro atoms. The summed E-state index contributed by atoms with van der Waals surface area (Å²) >= 11 is 5.75. The van der Waals surface area contributed by atoms with Crippen molar-refractivity contribution in [1.29, 1.82) is 0 Å². The molecule has 7 nitrogen and oxygen atoms in total. The zero-order chi connectivity index (χ0) is 18.4. The lowest BCUT2D eigenvalue weighted by Gasteiger charge is -2.08. The number of anilines is 1. The minimum Gasteiger partial charge on any atom is -0.452 e. The SMILES string of the molecule is CCc1ccc(NC(=O)COC(=O)c2cc(Cl)ccc2[N+](=O)[O-])cc1. The zero-order valence-corrected chi connectivity index (χ0v) is 14.1. The first-order chi connectivity index (χ1) is 11.9. The number of nitro benzene ring substituents is 1. The van der Waals surface area contributed by atoms with E-state index >= 15 is 0 Å². The molecule has 8 heteroatoms. The summed E-state index contributed by atoms with van der Waals surface area (Å²) in [5, 5.41) is 13.7. The van der Waals surface area contributed by atoms with Crippen LogP contribution >= 0.6 is 11.6 Å². The molecule has 0 bridgehead atoms. The second-order valence-electron chi connectivity index (χ2n) is 5.09. The predicted octanol–water partition coefficient (Wildman–Crippen LogP) is 3.61. The molecular formula is C17H15ClN2O5. The molecule has 0 aromatic heterocycles. The van der Waals surface area contributed by atoms with E-state index in [1.165, 1.54) is 6.07 Å². The third kappa shape index (κ3) is 5.02. The third-order valence-electron chi connectivity index (χ3n) is 3.36. The van der Waals surface area contributed by atoms with Gasteiger partial charge in [-0.1, -0.05) is 30.7 Å². The number of nitrogens with one attached hydrogen (secondary N) is 1. The molecule has 2 rings (SSSR count). The van der Waals surface area contributed by atoms with Crippen LogP contribution in [-0.2, 0) is 16.0 Å². The number of esters is 1. The molecule has 0 fully saturated rings. The number of rotatable bonds is 6. The van der Waals surface area contributed by atoms with Crippen molar-refractivity contribution in [2.45, 2.75) is 13.3 Å². The molecule has 1 amide bonds. The Morgan fingerprint density at radius 2 is 1.88 bits per heavy atom. The largest absolute Gasteiger partial charge is 0.452 e. The van der Waals surface area contributed by atoms with Gasteiger partial charge in [0.05, 0.1) is 4.92 Å². The van der Waals surface area contributed by atoms with E-state index in [1.54, 1.807) is 12.1 Å². The first-order valence-electron chi connectivity index (χ1n) is 7.40. The molecule has 2 aromatic rings. The van der Waals surface area contributed by atoms with Gasteiger partial charge in [-0.2, -0.15) is 0 Å². The highest BCUT2D eigenvalue weighted by Gasteiger charge is 2.22. The maximum absolute atomic E-state index is 12.0. The average Bonchev–Trinajstić information content (AvgIpc) is 2.60. The van der Waals surface area contributed by atoms with Gasteiger partial charge in [0.15, 0.2) is 6.61 Å². The van der Waals surface area contributed by atoms with Crippen molar-refractivity contribution in [3.63, 3.8) is 0 Å². The van der Waals surface area contributed by atoms with Crippen LogP contribution in [0.15, 0.2) is 42.5 Å². The maximum Gasteiger partial charge on any atom is 0.345 e. The normalized spacial score (nSPS) is 10.2. The van der Waals surface area contributed by atoms with E-state index in [9.17, 15) is 19.7 Å². The summed E-state index contributed by atoms with van der Waals surface area (Å²) in [5.74, 6) is -1.55. The number of nitrogens with zero attached hydrogens (tertiary/aromatic N) is 1. The maximum atomic E-state index is 12.0. The molecular weight excluding hydrogens is 348 g/mol. The smallest absolute Gasteiger partial charge is 0.345 e. The van der Waals surface area contributed by atoms with Gasteiger partial charge in [-0.05, 0) is 36.2 Å². The molecule has 0 saturated heterocycles. The molecule has 0 aliphatic carbocycles. The van der Waals surface area contributed by atoms with Gasteiger partial charge in [-0.15, -0.1) is 0 Å². The van der Waals surface area contributed by atoms with Crippen molar-refractivity contribution >= 4 is 34.9 Å². The molecule has 2 aromatic carbocycles. The van der Waals surface area contributed by atoms with Crippen molar-refractivity contribution in [3.05, 3.63) is 68.7 Å². The van der Waals surface area contributed by atoms with Crippen LogP contribution in [0.25, 0.3) is 0 Å². The Morgan fingerprint density at radius 1 is 1.20 bits per heavy atom. The van der Waals surface area contributed by atoms with Gasteiger partial charge in [0.1, 0.15) is 5.56 Å². The molecule has 0 saturated carbocycles. The van der Waals surface area contributed by atoms with Crippen molar-refractivity contribution in [2.24, 2.45) is 0 Å². The quantitative estimate of drug-likeness (QED) is 0.481. The van der Waals surface area contributed by atoms with Crippen molar-refractivity contribution in [3.8, 4) is 0 Å². The number of hydrogen-bond acceptors (Lipinski definition) is 5. The lowest BCUT2D eigenvalue weighted by Crippen LogP contribution is -2.21. The number of hydrogen-bond donors (Lipinski definition) is 1. The summed E-state index contributed by atoms with van der Waals surface area (Å²) < 4.78 is 4.84. The summed E-state index contributed by atoms with van der Waals surface area (Å²) in [7, 11) is 0. The number of amides is 1. The number of carbonyl (C=O) groups is 2. The summed E-state index contributed by atoms with van der Waals surface area (Å²) in [6.07, 6.45) is 0.879. The standard InChI is InChI=1S/C17H15ClN2O5/c1-2-11-3-6-13(7-4-11)19-16(21)10-25-17(22)14-9-12(18)5-8-15(14)20(23)24/h3-9H,2,10H2,1H3,(H,19,21). The van der Waals surface area contributed by atoms with Gasteiger partial charge >= 0.3 is 5.97 Å². The summed E-state index contributed by atoms with van der Waals surface area (Å²) in [6.45, 7) is 1.44. The molecule has 0 unspecified atom stereocenters. The minimum absolute atomic E-state index is 0.151. The summed E-state index contributed by atoms with van der Waals surface area (Å²) in [6, 6.07) is 10.7. The fraction of sp³-hybridized carbons (Fsp3) is 0.176. The van der Waals surface area contributed by atoms with Crippen molar-refractivity contribution in [1.82, 2.24) is 0 Å². The Labute approximate surface area is 148 Å². The Kier molecular flexibility index (Phi) is 6.08. The van der Waals surface area contributed by atoms with Crippen LogP contribution in [0.2, 0.25) is 5.02 Å². The molecule has 0 aliphatic heterocycles. The lowest BCUT2D eigenvalue weighted by molar-refractivity contribution is -0.385. The number of aryl methyl sites for hydroxylation is 1. The Balaban J connectivity index is 1.98. The van der Waals surface area contributed by atoms with E-state index in [-0.39, 0.29) is 10.6 Å². The number of benzene rings is 2. The number of halogens is 1. The molecule has 0 radical (unpaired) electrons. The number of ether oxygens (including phenoxy) is 1. The fourth-order valence-corrected chi connectivity index (χ4v) is 2.23. The number of carbonyl (C=O) groups excluding carboxylic acids is 2. The van der Waals surface area contributed by atoms with E-state index in [4.69, 9.17) is 16.3 Å². The van der Waals surface area contributed by atoms with Crippen molar-refractivity contribution in [2.75, 3.05) is 11.9 Å².